The van der Waals surface area contributed by atoms with Crippen LogP contribution in [0.25, 0.3) is 16.6 Å². The van der Waals surface area contributed by atoms with Crippen LogP contribution in [0.1, 0.15) is 19.3 Å². The van der Waals surface area contributed by atoms with Gasteiger partial charge in [-0.1, -0.05) is 15.9 Å². The van der Waals surface area contributed by atoms with Crippen LogP contribution in [0.3, 0.4) is 0 Å². The second kappa shape index (κ2) is 6.36. The summed E-state index contributed by atoms with van der Waals surface area (Å²) in [5.74, 6) is 0.725. The van der Waals surface area contributed by atoms with Crippen LogP contribution in [-0.2, 0) is 0 Å². The van der Waals surface area contributed by atoms with Crippen molar-refractivity contribution < 1.29 is 0 Å². The van der Waals surface area contributed by atoms with Crippen molar-refractivity contribution in [1.29, 1.82) is 0 Å². The number of nitrogens with zero attached hydrogens (tertiary/aromatic N) is 4. The van der Waals surface area contributed by atoms with Crippen molar-refractivity contribution in [3.05, 3.63) is 57.6 Å². The minimum Gasteiger partial charge on any atom is -0.341 e. The highest BCUT2D eigenvalue weighted by molar-refractivity contribution is 9.10. The third-order valence-electron chi connectivity index (χ3n) is 4.38. The lowest BCUT2D eigenvalue weighted by atomic mass is 10.1. The van der Waals surface area contributed by atoms with Gasteiger partial charge in [0, 0.05) is 35.6 Å². The minimum atomic E-state index is -0.0972. The molecule has 1 fully saturated rings. The highest BCUT2D eigenvalue weighted by Gasteiger charge is 2.15. The number of hydrogen-bond acceptors (Lipinski definition) is 4. The van der Waals surface area contributed by atoms with Gasteiger partial charge >= 0.3 is 0 Å². The van der Waals surface area contributed by atoms with Gasteiger partial charge in [0.25, 0.3) is 5.56 Å². The normalized spacial score (nSPS) is 15.0. The fourth-order valence-corrected chi connectivity index (χ4v) is 3.34. The average Bonchev–Trinajstić information content (AvgIpc) is 2.63. The lowest BCUT2D eigenvalue weighted by Crippen LogP contribution is -2.31. The fraction of sp³-hybridized carbons (Fsp3) is 0.278. The number of pyridine rings is 1. The largest absolute Gasteiger partial charge is 0.341 e. The van der Waals surface area contributed by atoms with E-state index in [0.29, 0.717) is 10.9 Å². The molecule has 0 saturated carbocycles. The molecule has 0 aliphatic carbocycles. The summed E-state index contributed by atoms with van der Waals surface area (Å²) < 4.78 is 2.60. The Morgan fingerprint density at radius 1 is 1.00 bits per heavy atom. The van der Waals surface area contributed by atoms with Gasteiger partial charge < -0.3 is 4.90 Å². The Hall–Kier alpha value is -2.21. The Bertz CT molecular complexity index is 930. The van der Waals surface area contributed by atoms with Gasteiger partial charge in [0.15, 0.2) is 0 Å². The number of aromatic nitrogens is 3. The molecule has 0 spiro atoms. The molecule has 1 saturated heterocycles. The molecule has 122 valence electrons. The topological polar surface area (TPSA) is 51.0 Å². The lowest BCUT2D eigenvalue weighted by Gasteiger charge is -2.26. The molecule has 0 radical (unpaired) electrons. The third-order valence-corrected chi connectivity index (χ3v) is 4.91. The van der Waals surface area contributed by atoms with E-state index in [1.165, 1.54) is 19.3 Å². The summed E-state index contributed by atoms with van der Waals surface area (Å²) in [6, 6.07) is 9.53. The van der Waals surface area contributed by atoms with E-state index in [2.05, 4.69) is 30.8 Å². The van der Waals surface area contributed by atoms with Crippen molar-refractivity contribution in [2.75, 3.05) is 18.0 Å². The number of rotatable bonds is 2. The van der Waals surface area contributed by atoms with Crippen LogP contribution >= 0.6 is 15.9 Å². The van der Waals surface area contributed by atoms with E-state index >= 15 is 0 Å². The Morgan fingerprint density at radius 3 is 2.50 bits per heavy atom. The van der Waals surface area contributed by atoms with Gasteiger partial charge in [-0.05, 0) is 49.6 Å². The Kier molecular flexibility index (Phi) is 4.06. The summed E-state index contributed by atoms with van der Waals surface area (Å²) in [5.41, 5.74) is 1.43. The first-order valence-electron chi connectivity index (χ1n) is 8.12. The smallest absolute Gasteiger partial charge is 0.266 e. The van der Waals surface area contributed by atoms with E-state index in [9.17, 15) is 4.79 Å². The molecule has 0 unspecified atom stereocenters. The third kappa shape index (κ3) is 2.82. The van der Waals surface area contributed by atoms with Gasteiger partial charge in [-0.3, -0.25) is 9.36 Å². The molecule has 0 amide bonds. The molecule has 0 atom stereocenters. The van der Waals surface area contributed by atoms with Crippen molar-refractivity contribution in [2.45, 2.75) is 19.3 Å². The molecule has 1 aliphatic heterocycles. The van der Waals surface area contributed by atoms with Crippen LogP contribution in [0.5, 0.6) is 0 Å². The maximum absolute atomic E-state index is 12.8. The molecule has 0 N–H and O–H groups in total. The van der Waals surface area contributed by atoms with Crippen LogP contribution in [0, 0.1) is 0 Å². The Balaban J connectivity index is 1.76. The van der Waals surface area contributed by atoms with E-state index in [1.54, 1.807) is 17.0 Å². The number of fused-ring (bicyclic) bond motifs is 1. The molecule has 1 aromatic carbocycles. The molecule has 4 rings (SSSR count). The molecule has 6 heteroatoms. The van der Waals surface area contributed by atoms with Crippen LogP contribution in [0.15, 0.2) is 52.0 Å². The minimum absolute atomic E-state index is 0.0972. The van der Waals surface area contributed by atoms with Gasteiger partial charge in [0.2, 0.25) is 5.95 Å². The number of anilines is 1. The molecule has 1 aliphatic rings. The van der Waals surface area contributed by atoms with Crippen LogP contribution in [0.4, 0.5) is 5.95 Å². The number of benzene rings is 1. The van der Waals surface area contributed by atoms with E-state index in [0.717, 1.165) is 29.2 Å². The van der Waals surface area contributed by atoms with Gasteiger partial charge in [0.1, 0.15) is 0 Å². The monoisotopic (exact) mass is 384 g/mol. The molecule has 5 nitrogen and oxygen atoms in total. The summed E-state index contributed by atoms with van der Waals surface area (Å²) in [5, 5.41) is 0.543. The van der Waals surface area contributed by atoms with Gasteiger partial charge in [0.05, 0.1) is 10.9 Å². The summed E-state index contributed by atoms with van der Waals surface area (Å²) in [7, 11) is 0. The van der Waals surface area contributed by atoms with Crippen LogP contribution < -0.4 is 10.5 Å². The Labute approximate surface area is 148 Å². The van der Waals surface area contributed by atoms with Crippen molar-refractivity contribution in [3.8, 4) is 5.69 Å². The molecule has 2 aromatic heterocycles. The predicted octanol–water partition coefficient (Wildman–Crippen LogP) is 3.53. The highest BCUT2D eigenvalue weighted by Crippen LogP contribution is 2.18. The quantitative estimate of drug-likeness (QED) is 0.677. The first kappa shape index (κ1) is 15.3. The summed E-state index contributed by atoms with van der Waals surface area (Å²) in [6.45, 7) is 1.98. The zero-order valence-electron chi connectivity index (χ0n) is 13.2. The molecule has 3 aromatic rings. The van der Waals surface area contributed by atoms with E-state index in [1.807, 2.05) is 30.3 Å². The summed E-state index contributed by atoms with van der Waals surface area (Å²) in [4.78, 5) is 24.0. The van der Waals surface area contributed by atoms with Crippen molar-refractivity contribution in [1.82, 2.24) is 14.5 Å². The Morgan fingerprint density at radius 2 is 1.75 bits per heavy atom. The van der Waals surface area contributed by atoms with Crippen LogP contribution in [-0.4, -0.2) is 27.6 Å². The second-order valence-corrected chi connectivity index (χ2v) is 6.90. The van der Waals surface area contributed by atoms with E-state index in [-0.39, 0.29) is 5.56 Å². The van der Waals surface area contributed by atoms with Gasteiger partial charge in [-0.25, -0.2) is 9.97 Å². The van der Waals surface area contributed by atoms with E-state index in [4.69, 9.17) is 0 Å². The molecule has 3 heterocycles. The summed E-state index contributed by atoms with van der Waals surface area (Å²) in [6.07, 6.45) is 7.05. The van der Waals surface area contributed by atoms with E-state index < -0.39 is 0 Å². The number of hydrogen-bond donors (Lipinski definition) is 0. The van der Waals surface area contributed by atoms with Crippen molar-refractivity contribution >= 4 is 32.8 Å². The molecule has 24 heavy (non-hydrogen) atoms. The average molecular weight is 385 g/mol. The number of halogens is 1. The predicted molar refractivity (Wildman–Crippen MR) is 98.9 cm³/mol. The van der Waals surface area contributed by atoms with Gasteiger partial charge in [-0.15, -0.1) is 0 Å². The van der Waals surface area contributed by atoms with Gasteiger partial charge in [-0.2, -0.15) is 0 Å². The maximum atomic E-state index is 12.8. The number of piperidine rings is 1. The van der Waals surface area contributed by atoms with Crippen LogP contribution in [0.2, 0.25) is 0 Å². The molecule has 0 bridgehead atoms. The SMILES string of the molecule is O=c1c2cnc(N3CCCCC3)nc2ccn1-c1ccc(Br)cc1. The zero-order valence-corrected chi connectivity index (χ0v) is 14.7. The highest BCUT2D eigenvalue weighted by atomic mass is 79.9. The fourth-order valence-electron chi connectivity index (χ4n) is 3.07. The standard InChI is InChI=1S/C18H17BrN4O/c19-13-4-6-14(7-5-13)23-11-8-16-15(17(23)24)12-20-18(21-16)22-9-2-1-3-10-22/h4-8,11-12H,1-3,9-10H2. The summed E-state index contributed by atoms with van der Waals surface area (Å²) >= 11 is 3.41. The first-order valence-corrected chi connectivity index (χ1v) is 8.91. The first-order chi connectivity index (χ1) is 11.7. The zero-order chi connectivity index (χ0) is 16.5. The lowest BCUT2D eigenvalue weighted by molar-refractivity contribution is 0.569. The maximum Gasteiger partial charge on any atom is 0.266 e. The van der Waals surface area contributed by atoms with Crippen molar-refractivity contribution in [2.24, 2.45) is 0 Å². The molecular weight excluding hydrogens is 368 g/mol. The second-order valence-electron chi connectivity index (χ2n) is 5.98. The molecular formula is C18H17BrN4O. The van der Waals surface area contributed by atoms with Crippen molar-refractivity contribution in [3.63, 3.8) is 0 Å².